The zero-order chi connectivity index (χ0) is 30.3. The predicted molar refractivity (Wildman–Crippen MR) is 163 cm³/mol. The Hall–Kier alpha value is -5.41. The van der Waals surface area contributed by atoms with E-state index in [1.165, 1.54) is 0 Å². The van der Waals surface area contributed by atoms with Gasteiger partial charge in [-0.15, -0.1) is 0 Å². The first-order chi connectivity index (χ1) is 20.8. The average Bonchev–Trinajstić information content (AvgIpc) is 3.24. The van der Waals surface area contributed by atoms with Crippen LogP contribution in [0.5, 0.6) is 11.5 Å². The monoisotopic (exact) mass is 595 g/mol. The molecule has 2 N–H and O–H groups in total. The first-order valence-corrected chi connectivity index (χ1v) is 13.8. The van der Waals surface area contributed by atoms with Gasteiger partial charge in [0.05, 0.1) is 17.9 Å². The number of rotatable bonds is 10. The van der Waals surface area contributed by atoms with Crippen LogP contribution in [0.25, 0.3) is 0 Å². The predicted octanol–water partition coefficient (Wildman–Crippen LogP) is 6.73. The third kappa shape index (κ3) is 6.74. The molecule has 1 aliphatic rings. The number of para-hydroxylation sites is 1. The largest absolute Gasteiger partial charge is 0.462 e. The van der Waals surface area contributed by atoms with E-state index in [1.54, 1.807) is 72.8 Å². The first-order valence-electron chi connectivity index (χ1n) is 13.4. The Labute approximate surface area is 252 Å². The van der Waals surface area contributed by atoms with Crippen LogP contribution in [0.4, 0.5) is 17.1 Å². The van der Waals surface area contributed by atoms with Crippen molar-refractivity contribution in [2.45, 2.75) is 13.3 Å². The standard InChI is InChI=1S/C33H26ClN3O6/c1-2-20-42-33(41)22-10-14-24(15-11-22)36-30(38)21-8-12-23(13-9-21)35-29-28(34)31(39)37(32(29)40)25-16-18-27(19-17-25)43-26-6-4-3-5-7-26/h3-19,35H,2,20H2,1H3,(H,36,38). The molecule has 4 aromatic carbocycles. The van der Waals surface area contributed by atoms with Crippen LogP contribution in [-0.4, -0.2) is 30.3 Å². The minimum atomic E-state index is -0.661. The number of nitrogens with one attached hydrogen (secondary N) is 2. The van der Waals surface area contributed by atoms with Gasteiger partial charge in [-0.3, -0.25) is 14.4 Å². The molecule has 0 spiro atoms. The Bertz CT molecular complexity index is 1690. The molecule has 0 aromatic heterocycles. The molecule has 9 nitrogen and oxygen atoms in total. The van der Waals surface area contributed by atoms with Crippen molar-refractivity contribution in [3.8, 4) is 11.5 Å². The van der Waals surface area contributed by atoms with Crippen LogP contribution in [0.2, 0.25) is 0 Å². The van der Waals surface area contributed by atoms with Gasteiger partial charge in [0.1, 0.15) is 22.2 Å². The normalized spacial score (nSPS) is 12.7. The van der Waals surface area contributed by atoms with Gasteiger partial charge in [-0.05, 0) is 91.3 Å². The van der Waals surface area contributed by atoms with E-state index >= 15 is 0 Å². The Kier molecular flexibility index (Phi) is 8.83. The smallest absolute Gasteiger partial charge is 0.338 e. The van der Waals surface area contributed by atoms with Gasteiger partial charge in [-0.2, -0.15) is 0 Å². The quantitative estimate of drug-likeness (QED) is 0.154. The third-order valence-corrected chi connectivity index (χ3v) is 6.68. The molecule has 3 amide bonds. The summed E-state index contributed by atoms with van der Waals surface area (Å²) in [6, 6.07) is 28.4. The molecule has 0 atom stereocenters. The van der Waals surface area contributed by atoms with Crippen molar-refractivity contribution in [1.29, 1.82) is 0 Å². The molecular weight excluding hydrogens is 570 g/mol. The minimum Gasteiger partial charge on any atom is -0.462 e. The number of esters is 1. The lowest BCUT2D eigenvalue weighted by atomic mass is 10.1. The van der Waals surface area contributed by atoms with Crippen LogP contribution in [0.1, 0.15) is 34.1 Å². The number of ether oxygens (including phenoxy) is 2. The summed E-state index contributed by atoms with van der Waals surface area (Å²) < 4.78 is 10.9. The number of benzene rings is 4. The van der Waals surface area contributed by atoms with Gasteiger partial charge in [0.25, 0.3) is 17.7 Å². The van der Waals surface area contributed by atoms with Crippen molar-refractivity contribution in [3.63, 3.8) is 0 Å². The maximum atomic E-state index is 13.2. The third-order valence-electron chi connectivity index (χ3n) is 6.33. The number of carbonyl (C=O) groups excluding carboxylic acids is 4. The van der Waals surface area contributed by atoms with Gasteiger partial charge in [0, 0.05) is 16.9 Å². The molecule has 0 radical (unpaired) electrons. The Morgan fingerprint density at radius 1 is 0.744 bits per heavy atom. The fraction of sp³-hybridized carbons (Fsp3) is 0.0909. The Morgan fingerprint density at radius 2 is 1.35 bits per heavy atom. The highest BCUT2D eigenvalue weighted by Crippen LogP contribution is 2.32. The van der Waals surface area contributed by atoms with Gasteiger partial charge >= 0.3 is 5.97 Å². The maximum Gasteiger partial charge on any atom is 0.338 e. The summed E-state index contributed by atoms with van der Waals surface area (Å²) in [4.78, 5) is 51.7. The molecule has 0 saturated heterocycles. The number of halogens is 1. The fourth-order valence-electron chi connectivity index (χ4n) is 4.15. The molecule has 1 aliphatic heterocycles. The minimum absolute atomic E-state index is 0.0777. The molecule has 0 saturated carbocycles. The highest BCUT2D eigenvalue weighted by molar-refractivity contribution is 6.53. The van der Waals surface area contributed by atoms with Gasteiger partial charge in [-0.25, -0.2) is 9.69 Å². The van der Waals surface area contributed by atoms with Crippen molar-refractivity contribution in [2.75, 3.05) is 22.1 Å². The summed E-state index contributed by atoms with van der Waals surface area (Å²) in [6.07, 6.45) is 0.728. The molecule has 0 aliphatic carbocycles. The number of hydrogen-bond acceptors (Lipinski definition) is 7. The second kappa shape index (κ2) is 13.1. The lowest BCUT2D eigenvalue weighted by Crippen LogP contribution is -2.32. The van der Waals surface area contributed by atoms with Crippen molar-refractivity contribution < 1.29 is 28.7 Å². The molecule has 1 heterocycles. The van der Waals surface area contributed by atoms with Gasteiger partial charge in [-0.1, -0.05) is 36.7 Å². The number of imide groups is 1. The first kappa shape index (κ1) is 29.1. The van der Waals surface area contributed by atoms with Gasteiger partial charge in [0.15, 0.2) is 0 Å². The molecule has 4 aromatic rings. The van der Waals surface area contributed by atoms with Gasteiger partial charge in [0.2, 0.25) is 0 Å². The van der Waals surface area contributed by atoms with Gasteiger partial charge < -0.3 is 20.1 Å². The molecule has 0 fully saturated rings. The molecular formula is C33H26ClN3O6. The van der Waals surface area contributed by atoms with Crippen molar-refractivity contribution in [1.82, 2.24) is 0 Å². The van der Waals surface area contributed by atoms with E-state index in [0.717, 1.165) is 11.3 Å². The van der Waals surface area contributed by atoms with Crippen LogP contribution >= 0.6 is 11.6 Å². The maximum absolute atomic E-state index is 13.2. The second-order valence-corrected chi connectivity index (χ2v) is 9.79. The lowest BCUT2D eigenvalue weighted by Gasteiger charge is -2.16. The molecule has 5 rings (SSSR count). The highest BCUT2D eigenvalue weighted by Gasteiger charge is 2.39. The molecule has 216 valence electrons. The van der Waals surface area contributed by atoms with Crippen LogP contribution < -0.4 is 20.3 Å². The van der Waals surface area contributed by atoms with E-state index in [0.29, 0.717) is 46.3 Å². The van der Waals surface area contributed by atoms with Crippen molar-refractivity contribution in [3.05, 3.63) is 125 Å². The molecule has 0 bridgehead atoms. The van der Waals surface area contributed by atoms with Crippen LogP contribution in [0.3, 0.4) is 0 Å². The van der Waals surface area contributed by atoms with Crippen molar-refractivity contribution in [2.24, 2.45) is 0 Å². The zero-order valence-electron chi connectivity index (χ0n) is 23.0. The summed E-state index contributed by atoms with van der Waals surface area (Å²) in [5.74, 6) is -0.872. The van der Waals surface area contributed by atoms with E-state index in [2.05, 4.69) is 10.6 Å². The summed E-state index contributed by atoms with van der Waals surface area (Å²) in [6.45, 7) is 2.25. The number of carbonyl (C=O) groups is 4. The number of nitrogens with zero attached hydrogens (tertiary/aromatic N) is 1. The van der Waals surface area contributed by atoms with E-state index in [1.807, 2.05) is 37.3 Å². The molecule has 10 heteroatoms. The Morgan fingerprint density at radius 3 is 2.00 bits per heavy atom. The second-order valence-electron chi connectivity index (χ2n) is 9.41. The summed E-state index contributed by atoms with van der Waals surface area (Å²) >= 11 is 6.27. The van der Waals surface area contributed by atoms with Crippen LogP contribution in [0, 0.1) is 0 Å². The van der Waals surface area contributed by atoms with Crippen LogP contribution in [-0.2, 0) is 14.3 Å². The zero-order valence-corrected chi connectivity index (χ0v) is 23.8. The fourth-order valence-corrected chi connectivity index (χ4v) is 4.37. The number of anilines is 3. The average molecular weight is 596 g/mol. The number of hydrogen-bond donors (Lipinski definition) is 2. The lowest BCUT2D eigenvalue weighted by molar-refractivity contribution is -0.120. The van der Waals surface area contributed by atoms with E-state index < -0.39 is 17.8 Å². The summed E-state index contributed by atoms with van der Waals surface area (Å²) in [5.41, 5.74) is 1.96. The molecule has 0 unspecified atom stereocenters. The van der Waals surface area contributed by atoms with Crippen LogP contribution in [0.15, 0.2) is 114 Å². The molecule has 43 heavy (non-hydrogen) atoms. The number of amides is 3. The highest BCUT2D eigenvalue weighted by atomic mass is 35.5. The summed E-state index contributed by atoms with van der Waals surface area (Å²) in [7, 11) is 0. The van der Waals surface area contributed by atoms with E-state index in [9.17, 15) is 19.2 Å². The SMILES string of the molecule is CCCOC(=O)c1ccc(NC(=O)c2ccc(NC3=C(Cl)C(=O)N(c4ccc(Oc5ccccc5)cc4)C3=O)cc2)cc1. The van der Waals surface area contributed by atoms with E-state index in [4.69, 9.17) is 21.1 Å². The van der Waals surface area contributed by atoms with Crippen molar-refractivity contribution >= 4 is 52.4 Å². The topological polar surface area (TPSA) is 114 Å². The van der Waals surface area contributed by atoms with E-state index in [-0.39, 0.29) is 16.6 Å². The Balaban J connectivity index is 1.20. The summed E-state index contributed by atoms with van der Waals surface area (Å²) in [5, 5.41) is 5.41.